The molecule has 4 aliphatic rings. The van der Waals surface area contributed by atoms with E-state index in [4.69, 9.17) is 9.47 Å². The fraction of sp³-hybridized carbons (Fsp3) is 0.636. The average molecular weight is 839 g/mol. The molecule has 0 amide bonds. The molecule has 0 radical (unpaired) electrons. The maximum Gasteiger partial charge on any atom is 0.345 e. The summed E-state index contributed by atoms with van der Waals surface area (Å²) >= 11 is 0. The lowest BCUT2D eigenvalue weighted by Gasteiger charge is -2.39. The van der Waals surface area contributed by atoms with Crippen LogP contribution in [0.1, 0.15) is 85.3 Å². The first-order chi connectivity index (χ1) is 28.9. The van der Waals surface area contributed by atoms with Crippen molar-refractivity contribution < 1.29 is 27.8 Å². The second-order valence-electron chi connectivity index (χ2n) is 17.2. The van der Waals surface area contributed by atoms with E-state index in [1.807, 2.05) is 24.3 Å². The third kappa shape index (κ3) is 10.2. The predicted molar refractivity (Wildman–Crippen MR) is 220 cm³/mol. The molecular formula is C44H61F3N8O5. The van der Waals surface area contributed by atoms with Gasteiger partial charge in [-0.05, 0) is 87.5 Å². The molecule has 4 fully saturated rings. The van der Waals surface area contributed by atoms with Gasteiger partial charge in [0.2, 0.25) is 0 Å². The van der Waals surface area contributed by atoms with E-state index in [9.17, 15) is 27.9 Å². The van der Waals surface area contributed by atoms with Crippen molar-refractivity contribution in [3.8, 4) is 0 Å². The first-order valence-corrected chi connectivity index (χ1v) is 21.5. The van der Waals surface area contributed by atoms with E-state index < -0.39 is 30.4 Å². The maximum absolute atomic E-state index is 14.8. The summed E-state index contributed by atoms with van der Waals surface area (Å²) in [5.74, 6) is 0.276. The van der Waals surface area contributed by atoms with Crippen LogP contribution in [-0.4, -0.2) is 105 Å². The number of benzene rings is 2. The van der Waals surface area contributed by atoms with Gasteiger partial charge < -0.3 is 14.6 Å². The zero-order valence-electron chi connectivity index (χ0n) is 35.3. The van der Waals surface area contributed by atoms with Crippen LogP contribution in [0.15, 0.2) is 58.1 Å². The lowest BCUT2D eigenvalue weighted by Crippen LogP contribution is -2.48. The second-order valence-corrected chi connectivity index (χ2v) is 17.2. The van der Waals surface area contributed by atoms with Crippen LogP contribution >= 0.6 is 0 Å². The van der Waals surface area contributed by atoms with Gasteiger partial charge in [-0.3, -0.25) is 18.9 Å². The molecule has 0 saturated carbocycles. The SMILES string of the molecule is Cc1ccccc1COC1CC2CCC(C1)N2CC(F)Cn1nc(CF)n(C)c1=O.Cc1ccccc1COC1CC2CCC(C1)N2CC(F)Cn1nc(CO)n(C)c1=O. The monoisotopic (exact) mass is 838 g/mol. The highest BCUT2D eigenvalue weighted by Gasteiger charge is 2.43. The molecule has 1 N–H and O–H groups in total. The molecule has 6 unspecified atom stereocenters. The molecule has 6 heterocycles. The second kappa shape index (κ2) is 19.7. The molecule has 6 atom stereocenters. The van der Waals surface area contributed by atoms with E-state index in [2.05, 4.69) is 58.1 Å². The lowest BCUT2D eigenvalue weighted by atomic mass is 9.99. The number of aliphatic hydroxyl groups excluding tert-OH is 1. The first-order valence-electron chi connectivity index (χ1n) is 21.5. The molecule has 8 rings (SSSR count). The Morgan fingerprint density at radius 2 is 1.03 bits per heavy atom. The first kappa shape index (κ1) is 44.0. The number of alkyl halides is 3. The minimum Gasteiger partial charge on any atom is -0.388 e. The zero-order valence-corrected chi connectivity index (χ0v) is 35.3. The van der Waals surface area contributed by atoms with Gasteiger partial charge in [0.15, 0.2) is 11.6 Å². The number of ether oxygens (including phenoxy) is 2. The molecule has 4 aromatic rings. The Kier molecular flexibility index (Phi) is 14.5. The van der Waals surface area contributed by atoms with Crippen LogP contribution in [0.5, 0.6) is 0 Å². The van der Waals surface area contributed by atoms with Crippen molar-refractivity contribution in [2.24, 2.45) is 14.1 Å². The molecule has 4 bridgehead atoms. The van der Waals surface area contributed by atoms with E-state index in [0.717, 1.165) is 65.3 Å². The molecule has 0 spiro atoms. The summed E-state index contributed by atoms with van der Waals surface area (Å²) in [6.07, 6.45) is 5.90. The number of fused-ring (bicyclic) bond motifs is 4. The molecule has 60 heavy (non-hydrogen) atoms. The van der Waals surface area contributed by atoms with E-state index >= 15 is 0 Å². The predicted octanol–water partition coefficient (Wildman–Crippen LogP) is 4.84. The van der Waals surface area contributed by atoms with Gasteiger partial charge in [-0.2, -0.15) is 10.2 Å². The Bertz CT molecular complexity index is 1980. The molecule has 4 saturated heterocycles. The van der Waals surface area contributed by atoms with E-state index in [1.54, 1.807) is 0 Å². The van der Waals surface area contributed by atoms with Crippen molar-refractivity contribution in [2.45, 2.75) is 154 Å². The molecule has 16 heteroatoms. The minimum absolute atomic E-state index is 0.0267. The summed E-state index contributed by atoms with van der Waals surface area (Å²) in [6.45, 7) is 4.60. The molecule has 13 nitrogen and oxygen atoms in total. The highest BCUT2D eigenvalue weighted by molar-refractivity contribution is 5.25. The Hall–Kier alpha value is -4.09. The fourth-order valence-electron chi connectivity index (χ4n) is 9.78. The van der Waals surface area contributed by atoms with Gasteiger partial charge in [0.25, 0.3) is 0 Å². The number of nitrogens with zero attached hydrogens (tertiary/aromatic N) is 8. The maximum atomic E-state index is 14.8. The number of rotatable bonds is 16. The van der Waals surface area contributed by atoms with Crippen LogP contribution in [0, 0.1) is 13.8 Å². The quantitative estimate of drug-likeness (QED) is 0.169. The number of aliphatic hydroxyl groups is 1. The van der Waals surface area contributed by atoms with Gasteiger partial charge in [0.05, 0.1) is 38.5 Å². The van der Waals surface area contributed by atoms with Crippen molar-refractivity contribution in [3.05, 3.63) is 103 Å². The third-order valence-electron chi connectivity index (χ3n) is 13.2. The third-order valence-corrected chi connectivity index (χ3v) is 13.2. The Morgan fingerprint density at radius 3 is 1.38 bits per heavy atom. The minimum atomic E-state index is -1.22. The number of aromatic nitrogens is 6. The average Bonchev–Trinajstić information content (AvgIpc) is 3.82. The van der Waals surface area contributed by atoms with Crippen LogP contribution in [-0.2, 0) is 63.2 Å². The van der Waals surface area contributed by atoms with E-state index in [1.165, 1.54) is 40.9 Å². The van der Waals surface area contributed by atoms with Gasteiger partial charge in [0.1, 0.15) is 25.6 Å². The molecule has 2 aromatic heterocycles. The molecule has 4 aliphatic heterocycles. The number of hydrogen-bond donors (Lipinski definition) is 1. The largest absolute Gasteiger partial charge is 0.388 e. The summed E-state index contributed by atoms with van der Waals surface area (Å²) in [6, 6.07) is 17.8. The number of piperidine rings is 2. The van der Waals surface area contributed by atoms with Crippen molar-refractivity contribution in [3.63, 3.8) is 0 Å². The van der Waals surface area contributed by atoms with Crippen molar-refractivity contribution >= 4 is 0 Å². The van der Waals surface area contributed by atoms with Gasteiger partial charge in [0, 0.05) is 51.4 Å². The summed E-state index contributed by atoms with van der Waals surface area (Å²) in [4.78, 5) is 28.7. The van der Waals surface area contributed by atoms with Crippen molar-refractivity contribution in [1.29, 1.82) is 0 Å². The smallest absolute Gasteiger partial charge is 0.345 e. The fourth-order valence-corrected chi connectivity index (χ4v) is 9.78. The molecular weight excluding hydrogens is 778 g/mol. The Morgan fingerprint density at radius 1 is 0.650 bits per heavy atom. The highest BCUT2D eigenvalue weighted by Crippen LogP contribution is 2.39. The summed E-state index contributed by atoms with van der Waals surface area (Å²) in [7, 11) is 2.99. The van der Waals surface area contributed by atoms with Crippen LogP contribution in [0.3, 0.4) is 0 Å². The number of hydrogen-bond acceptors (Lipinski definition) is 9. The normalized spacial score (nSPS) is 25.0. The van der Waals surface area contributed by atoms with Crippen molar-refractivity contribution in [1.82, 2.24) is 38.5 Å². The van der Waals surface area contributed by atoms with Crippen LogP contribution in [0.2, 0.25) is 0 Å². The Labute approximate surface area is 349 Å². The number of halogens is 3. The van der Waals surface area contributed by atoms with Gasteiger partial charge in [-0.25, -0.2) is 32.1 Å². The van der Waals surface area contributed by atoms with Gasteiger partial charge in [-0.15, -0.1) is 0 Å². The molecule has 328 valence electrons. The highest BCUT2D eigenvalue weighted by atomic mass is 19.1. The van der Waals surface area contributed by atoms with Crippen LogP contribution < -0.4 is 11.4 Å². The van der Waals surface area contributed by atoms with Crippen LogP contribution in [0.4, 0.5) is 13.2 Å². The summed E-state index contributed by atoms with van der Waals surface area (Å²) < 4.78 is 59.5. The van der Waals surface area contributed by atoms with Gasteiger partial charge >= 0.3 is 11.4 Å². The summed E-state index contributed by atoms with van der Waals surface area (Å²) in [5, 5.41) is 17.2. The summed E-state index contributed by atoms with van der Waals surface area (Å²) in [5.41, 5.74) is 4.04. The Balaban J connectivity index is 0.000000181. The van der Waals surface area contributed by atoms with Gasteiger partial charge in [-0.1, -0.05) is 48.5 Å². The lowest BCUT2D eigenvalue weighted by molar-refractivity contribution is -0.0344. The zero-order chi connectivity index (χ0) is 42.5. The van der Waals surface area contributed by atoms with E-state index in [0.29, 0.717) is 43.9 Å². The molecule has 2 aromatic carbocycles. The van der Waals surface area contributed by atoms with Crippen LogP contribution in [0.25, 0.3) is 0 Å². The van der Waals surface area contributed by atoms with Crippen molar-refractivity contribution in [2.75, 3.05) is 13.1 Å². The molecule has 0 aliphatic carbocycles. The van der Waals surface area contributed by atoms with E-state index in [-0.39, 0.29) is 50.1 Å². The topological polar surface area (TPSA) is 125 Å². The standard InChI is InChI=1S/C22H30F2N4O2.C22H31FN4O3/c1-15-5-3-4-6-16(15)14-30-20-9-18-7-8-19(10-20)27(18)12-17(24)13-28-22(29)26(2)21(11-23)25-28;1-15-5-3-4-6-16(15)14-30-20-9-18-7-8-19(10-20)26(18)11-17(23)12-27-22(29)25(2)21(13-28)24-27/h3-6,17-20H,7-14H2,1-2H3;3-6,17-20,28H,7-14H2,1-2H3. The number of aryl methyl sites for hydroxylation is 2.